The zero-order valence-corrected chi connectivity index (χ0v) is 11.3. The standard InChI is InChI=1S/C16H18FN3/c17-14-5-4-13-6-9-20(16(13)11-14)10-8-18-12-15-3-1-2-7-19-15/h1-5,7,11,18H,6,8-10,12H2. The molecule has 0 aliphatic carbocycles. The fraction of sp³-hybridized carbons (Fsp3) is 0.312. The van der Waals surface area contributed by atoms with Gasteiger partial charge in [0.25, 0.3) is 0 Å². The number of hydrogen-bond donors (Lipinski definition) is 1. The average Bonchev–Trinajstić information content (AvgIpc) is 2.87. The summed E-state index contributed by atoms with van der Waals surface area (Å²) in [5, 5.41) is 3.38. The van der Waals surface area contributed by atoms with E-state index in [0.29, 0.717) is 0 Å². The van der Waals surface area contributed by atoms with Crippen LogP contribution in [0.5, 0.6) is 0 Å². The second kappa shape index (κ2) is 6.01. The highest BCUT2D eigenvalue weighted by Crippen LogP contribution is 2.27. The van der Waals surface area contributed by atoms with Gasteiger partial charge < -0.3 is 10.2 Å². The van der Waals surface area contributed by atoms with Crippen molar-refractivity contribution in [3.8, 4) is 0 Å². The first kappa shape index (κ1) is 13.1. The molecular formula is C16H18FN3. The lowest BCUT2D eigenvalue weighted by Crippen LogP contribution is -2.30. The Hall–Kier alpha value is -1.94. The third kappa shape index (κ3) is 2.96. The van der Waals surface area contributed by atoms with E-state index >= 15 is 0 Å². The predicted octanol–water partition coefficient (Wildman–Crippen LogP) is 2.37. The maximum absolute atomic E-state index is 13.3. The van der Waals surface area contributed by atoms with Gasteiger partial charge in [0.15, 0.2) is 0 Å². The Morgan fingerprint density at radius 2 is 2.20 bits per heavy atom. The van der Waals surface area contributed by atoms with E-state index in [-0.39, 0.29) is 5.82 Å². The van der Waals surface area contributed by atoms with E-state index in [0.717, 1.165) is 44.0 Å². The minimum Gasteiger partial charge on any atom is -0.370 e. The Kier molecular flexibility index (Phi) is 3.92. The summed E-state index contributed by atoms with van der Waals surface area (Å²) in [6.45, 7) is 3.50. The van der Waals surface area contributed by atoms with Crippen molar-refractivity contribution in [1.29, 1.82) is 0 Å². The molecule has 0 saturated carbocycles. The van der Waals surface area contributed by atoms with Crippen LogP contribution >= 0.6 is 0 Å². The van der Waals surface area contributed by atoms with Gasteiger partial charge >= 0.3 is 0 Å². The molecule has 104 valence electrons. The van der Waals surface area contributed by atoms with Crippen LogP contribution in [0.1, 0.15) is 11.3 Å². The summed E-state index contributed by atoms with van der Waals surface area (Å²) in [6, 6.07) is 11.0. The number of benzene rings is 1. The van der Waals surface area contributed by atoms with Gasteiger partial charge in [-0.05, 0) is 36.2 Å². The maximum atomic E-state index is 13.3. The van der Waals surface area contributed by atoms with Gasteiger partial charge in [0.2, 0.25) is 0 Å². The van der Waals surface area contributed by atoms with E-state index < -0.39 is 0 Å². The van der Waals surface area contributed by atoms with Crippen molar-refractivity contribution < 1.29 is 4.39 Å². The number of rotatable bonds is 5. The minimum atomic E-state index is -0.155. The molecule has 0 saturated heterocycles. The van der Waals surface area contributed by atoms with E-state index in [1.165, 1.54) is 5.56 Å². The van der Waals surface area contributed by atoms with Crippen LogP contribution in [0, 0.1) is 5.82 Å². The van der Waals surface area contributed by atoms with Crippen LogP contribution < -0.4 is 10.2 Å². The molecule has 1 aromatic carbocycles. The van der Waals surface area contributed by atoms with Crippen molar-refractivity contribution in [1.82, 2.24) is 10.3 Å². The topological polar surface area (TPSA) is 28.2 Å². The molecule has 1 aliphatic rings. The number of fused-ring (bicyclic) bond motifs is 1. The van der Waals surface area contributed by atoms with E-state index in [1.807, 2.05) is 24.3 Å². The fourth-order valence-electron chi connectivity index (χ4n) is 2.58. The molecule has 4 heteroatoms. The molecule has 2 heterocycles. The number of pyridine rings is 1. The molecule has 0 fully saturated rings. The first-order valence-electron chi connectivity index (χ1n) is 6.97. The predicted molar refractivity (Wildman–Crippen MR) is 78.3 cm³/mol. The average molecular weight is 271 g/mol. The number of nitrogens with zero attached hydrogens (tertiary/aromatic N) is 2. The first-order chi connectivity index (χ1) is 9.83. The summed E-state index contributed by atoms with van der Waals surface area (Å²) >= 11 is 0. The van der Waals surface area contributed by atoms with Gasteiger partial charge in [-0.15, -0.1) is 0 Å². The molecule has 2 aromatic rings. The summed E-state index contributed by atoms with van der Waals surface area (Å²) < 4.78 is 13.3. The normalized spacial score (nSPS) is 13.6. The van der Waals surface area contributed by atoms with Crippen LogP contribution in [0.25, 0.3) is 0 Å². The molecule has 1 aromatic heterocycles. The summed E-state index contributed by atoms with van der Waals surface area (Å²) in [6.07, 6.45) is 2.81. The second-order valence-corrected chi connectivity index (χ2v) is 5.01. The number of hydrogen-bond acceptors (Lipinski definition) is 3. The highest BCUT2D eigenvalue weighted by molar-refractivity contribution is 5.58. The van der Waals surface area contributed by atoms with Crippen molar-refractivity contribution in [2.45, 2.75) is 13.0 Å². The third-order valence-corrected chi connectivity index (χ3v) is 3.63. The monoisotopic (exact) mass is 271 g/mol. The Balaban J connectivity index is 1.50. The van der Waals surface area contributed by atoms with E-state index in [1.54, 1.807) is 18.3 Å². The lowest BCUT2D eigenvalue weighted by atomic mass is 10.2. The third-order valence-electron chi connectivity index (χ3n) is 3.63. The first-order valence-corrected chi connectivity index (χ1v) is 6.97. The zero-order chi connectivity index (χ0) is 13.8. The summed E-state index contributed by atoms with van der Waals surface area (Å²) in [7, 11) is 0. The summed E-state index contributed by atoms with van der Waals surface area (Å²) in [5.74, 6) is -0.155. The van der Waals surface area contributed by atoms with Gasteiger partial charge in [-0.1, -0.05) is 12.1 Å². The number of anilines is 1. The number of nitrogens with one attached hydrogen (secondary N) is 1. The second-order valence-electron chi connectivity index (χ2n) is 5.01. The molecule has 0 bridgehead atoms. The molecule has 0 radical (unpaired) electrons. The van der Waals surface area contributed by atoms with Crippen LogP contribution in [0.4, 0.5) is 10.1 Å². The van der Waals surface area contributed by atoms with Crippen LogP contribution in [-0.2, 0) is 13.0 Å². The van der Waals surface area contributed by atoms with Crippen molar-refractivity contribution >= 4 is 5.69 Å². The van der Waals surface area contributed by atoms with Gasteiger partial charge in [0, 0.05) is 38.1 Å². The number of halogens is 1. The van der Waals surface area contributed by atoms with E-state index in [9.17, 15) is 4.39 Å². The van der Waals surface area contributed by atoms with Gasteiger partial charge in [-0.3, -0.25) is 4.98 Å². The minimum absolute atomic E-state index is 0.155. The molecule has 0 unspecified atom stereocenters. The zero-order valence-electron chi connectivity index (χ0n) is 11.3. The molecule has 20 heavy (non-hydrogen) atoms. The molecule has 3 nitrogen and oxygen atoms in total. The molecule has 0 spiro atoms. The van der Waals surface area contributed by atoms with E-state index in [2.05, 4.69) is 15.2 Å². The highest BCUT2D eigenvalue weighted by Gasteiger charge is 2.18. The SMILES string of the molecule is Fc1ccc2c(c1)N(CCNCc1ccccn1)CC2. The van der Waals surface area contributed by atoms with Crippen LogP contribution in [0.3, 0.4) is 0 Å². The van der Waals surface area contributed by atoms with Gasteiger partial charge in [0.1, 0.15) is 5.82 Å². The Morgan fingerprint density at radius 1 is 1.25 bits per heavy atom. The smallest absolute Gasteiger partial charge is 0.125 e. The van der Waals surface area contributed by atoms with Crippen molar-refractivity contribution in [2.24, 2.45) is 0 Å². The molecule has 0 amide bonds. The molecule has 3 rings (SSSR count). The Labute approximate surface area is 118 Å². The van der Waals surface area contributed by atoms with Crippen LogP contribution in [0.2, 0.25) is 0 Å². The van der Waals surface area contributed by atoms with Gasteiger partial charge in [0.05, 0.1) is 5.69 Å². The lowest BCUT2D eigenvalue weighted by Gasteiger charge is -2.19. The van der Waals surface area contributed by atoms with Crippen LogP contribution in [-0.4, -0.2) is 24.6 Å². The lowest BCUT2D eigenvalue weighted by molar-refractivity contribution is 0.626. The molecule has 1 aliphatic heterocycles. The van der Waals surface area contributed by atoms with Gasteiger partial charge in [-0.2, -0.15) is 0 Å². The highest BCUT2D eigenvalue weighted by atomic mass is 19.1. The largest absolute Gasteiger partial charge is 0.370 e. The van der Waals surface area contributed by atoms with Crippen molar-refractivity contribution in [3.05, 3.63) is 59.7 Å². The Bertz CT molecular complexity index is 571. The summed E-state index contributed by atoms with van der Waals surface area (Å²) in [5.41, 5.74) is 3.33. The number of aromatic nitrogens is 1. The quantitative estimate of drug-likeness (QED) is 0.846. The van der Waals surface area contributed by atoms with Gasteiger partial charge in [-0.25, -0.2) is 4.39 Å². The Morgan fingerprint density at radius 3 is 3.05 bits per heavy atom. The van der Waals surface area contributed by atoms with Crippen molar-refractivity contribution in [2.75, 3.05) is 24.5 Å². The summed E-state index contributed by atoms with van der Waals surface area (Å²) in [4.78, 5) is 6.51. The van der Waals surface area contributed by atoms with Crippen molar-refractivity contribution in [3.63, 3.8) is 0 Å². The fourth-order valence-corrected chi connectivity index (χ4v) is 2.58. The maximum Gasteiger partial charge on any atom is 0.125 e. The van der Waals surface area contributed by atoms with Crippen LogP contribution in [0.15, 0.2) is 42.6 Å². The molecule has 1 N–H and O–H groups in total. The molecule has 0 atom stereocenters. The van der Waals surface area contributed by atoms with E-state index in [4.69, 9.17) is 0 Å². The molecular weight excluding hydrogens is 253 g/mol.